The van der Waals surface area contributed by atoms with Gasteiger partial charge in [0.2, 0.25) is 5.91 Å². The lowest BCUT2D eigenvalue weighted by molar-refractivity contribution is -0.121. The first-order valence-corrected chi connectivity index (χ1v) is 7.51. The molecule has 0 bridgehead atoms. The van der Waals surface area contributed by atoms with Crippen molar-refractivity contribution in [1.29, 1.82) is 0 Å². The van der Waals surface area contributed by atoms with Gasteiger partial charge in [-0.3, -0.25) is 4.79 Å². The molecule has 2 N–H and O–H groups in total. The Hall–Kier alpha value is -1.84. The minimum atomic E-state index is 0.131. The van der Waals surface area contributed by atoms with Crippen LogP contribution in [0.25, 0.3) is 11.0 Å². The molecule has 2 aromatic rings. The summed E-state index contributed by atoms with van der Waals surface area (Å²) in [6, 6.07) is 6.42. The summed E-state index contributed by atoms with van der Waals surface area (Å²) >= 11 is 0. The Morgan fingerprint density at radius 2 is 2.20 bits per heavy atom. The van der Waals surface area contributed by atoms with Gasteiger partial charge in [-0.2, -0.15) is 0 Å². The number of hydrogen-bond acceptors (Lipinski definition) is 2. The third kappa shape index (κ3) is 2.84. The van der Waals surface area contributed by atoms with E-state index in [1.54, 1.807) is 0 Å². The minimum Gasteiger partial charge on any atom is -0.353 e. The van der Waals surface area contributed by atoms with Gasteiger partial charge in [0.1, 0.15) is 5.82 Å². The van der Waals surface area contributed by atoms with Crippen molar-refractivity contribution in [2.75, 3.05) is 0 Å². The van der Waals surface area contributed by atoms with Crippen LogP contribution < -0.4 is 5.32 Å². The number of carbonyl (C=O) groups is 1. The van der Waals surface area contributed by atoms with Crippen LogP contribution in [-0.4, -0.2) is 21.9 Å². The summed E-state index contributed by atoms with van der Waals surface area (Å²) in [6.07, 6.45) is 6.09. The second kappa shape index (κ2) is 5.65. The van der Waals surface area contributed by atoms with Crippen molar-refractivity contribution in [2.45, 2.75) is 51.5 Å². The van der Waals surface area contributed by atoms with Crippen molar-refractivity contribution in [3.8, 4) is 0 Å². The molecule has 106 valence electrons. The highest BCUT2D eigenvalue weighted by Crippen LogP contribution is 2.18. The van der Waals surface area contributed by atoms with Crippen LogP contribution in [0.3, 0.4) is 0 Å². The van der Waals surface area contributed by atoms with E-state index in [-0.39, 0.29) is 5.91 Å². The van der Waals surface area contributed by atoms with E-state index in [0.717, 1.165) is 41.7 Å². The molecule has 1 aromatic carbocycles. The van der Waals surface area contributed by atoms with E-state index < -0.39 is 0 Å². The van der Waals surface area contributed by atoms with Crippen LogP contribution in [0.2, 0.25) is 0 Å². The Labute approximate surface area is 119 Å². The highest BCUT2D eigenvalue weighted by atomic mass is 16.1. The molecule has 1 heterocycles. The van der Waals surface area contributed by atoms with Gasteiger partial charge in [-0.1, -0.05) is 25.8 Å². The van der Waals surface area contributed by atoms with Gasteiger partial charge in [0, 0.05) is 12.5 Å². The molecule has 1 fully saturated rings. The molecule has 1 aromatic heterocycles. The molecule has 3 rings (SSSR count). The van der Waals surface area contributed by atoms with Gasteiger partial charge in [-0.05, 0) is 30.5 Å². The van der Waals surface area contributed by atoms with E-state index in [4.69, 9.17) is 0 Å². The maximum Gasteiger partial charge on any atom is 0.224 e. The van der Waals surface area contributed by atoms with Crippen molar-refractivity contribution in [3.05, 3.63) is 29.6 Å². The summed E-state index contributed by atoms with van der Waals surface area (Å²) < 4.78 is 0. The van der Waals surface area contributed by atoms with Crippen molar-refractivity contribution < 1.29 is 4.79 Å². The number of H-pyrrole nitrogens is 1. The summed E-state index contributed by atoms with van der Waals surface area (Å²) in [5, 5.41) is 3.13. The predicted octanol–water partition coefficient (Wildman–Crippen LogP) is 2.73. The minimum absolute atomic E-state index is 0.131. The summed E-state index contributed by atoms with van der Waals surface area (Å²) in [4.78, 5) is 19.8. The zero-order valence-corrected chi connectivity index (χ0v) is 11.9. The monoisotopic (exact) mass is 271 g/mol. The maximum absolute atomic E-state index is 12.0. The molecule has 0 spiro atoms. The topological polar surface area (TPSA) is 57.8 Å². The van der Waals surface area contributed by atoms with Gasteiger partial charge in [-0.25, -0.2) is 4.98 Å². The Morgan fingerprint density at radius 1 is 1.40 bits per heavy atom. The lowest BCUT2D eigenvalue weighted by Crippen LogP contribution is -2.33. The fourth-order valence-electron chi connectivity index (χ4n) is 2.92. The number of fused-ring (bicyclic) bond motifs is 1. The number of hydrogen-bond donors (Lipinski definition) is 2. The molecule has 20 heavy (non-hydrogen) atoms. The zero-order chi connectivity index (χ0) is 13.9. The fourth-order valence-corrected chi connectivity index (χ4v) is 2.92. The van der Waals surface area contributed by atoms with Gasteiger partial charge >= 0.3 is 0 Å². The average Bonchev–Trinajstić information content (AvgIpc) is 3.06. The van der Waals surface area contributed by atoms with Crippen molar-refractivity contribution in [2.24, 2.45) is 0 Å². The number of aryl methyl sites for hydroxylation is 1. The van der Waals surface area contributed by atoms with Gasteiger partial charge in [-0.15, -0.1) is 0 Å². The molecule has 0 atom stereocenters. The molecule has 0 unspecified atom stereocenters. The molecular formula is C16H21N3O. The standard InChI is InChI=1S/C16H21N3O/c1-2-15-18-13-8-7-11(9-14(13)19-15)10-16(20)17-12-5-3-4-6-12/h7-9,12H,2-6,10H2,1H3,(H,17,20)(H,18,19). The Kier molecular flexibility index (Phi) is 3.72. The van der Waals surface area contributed by atoms with Crippen LogP contribution in [0.1, 0.15) is 44.0 Å². The first kappa shape index (κ1) is 13.2. The molecule has 0 radical (unpaired) electrons. The van der Waals surface area contributed by atoms with Crippen LogP contribution >= 0.6 is 0 Å². The second-order valence-corrected chi connectivity index (χ2v) is 5.61. The second-order valence-electron chi connectivity index (χ2n) is 5.61. The highest BCUT2D eigenvalue weighted by molar-refractivity contribution is 5.82. The summed E-state index contributed by atoms with van der Waals surface area (Å²) in [5.74, 6) is 1.12. The molecule has 4 heteroatoms. The molecule has 4 nitrogen and oxygen atoms in total. The van der Waals surface area contributed by atoms with E-state index in [1.165, 1.54) is 12.8 Å². The SMILES string of the molecule is CCc1nc2ccc(CC(=O)NC3CCCC3)cc2[nH]1. The zero-order valence-electron chi connectivity index (χ0n) is 11.9. The van der Waals surface area contributed by atoms with Crippen LogP contribution in [0.5, 0.6) is 0 Å². The number of aromatic nitrogens is 2. The number of benzene rings is 1. The molecule has 0 saturated heterocycles. The van der Waals surface area contributed by atoms with Crippen LogP contribution in [0, 0.1) is 0 Å². The predicted molar refractivity (Wildman–Crippen MR) is 79.6 cm³/mol. The van der Waals surface area contributed by atoms with Crippen molar-refractivity contribution in [3.63, 3.8) is 0 Å². The Bertz CT molecular complexity index is 611. The van der Waals surface area contributed by atoms with E-state index >= 15 is 0 Å². The summed E-state index contributed by atoms with van der Waals surface area (Å²) in [6.45, 7) is 2.08. The van der Waals surface area contributed by atoms with E-state index in [9.17, 15) is 4.79 Å². The Morgan fingerprint density at radius 3 is 2.95 bits per heavy atom. The lowest BCUT2D eigenvalue weighted by Gasteiger charge is -2.11. The number of amides is 1. The van der Waals surface area contributed by atoms with Gasteiger partial charge in [0.05, 0.1) is 17.5 Å². The third-order valence-corrected chi connectivity index (χ3v) is 4.02. The van der Waals surface area contributed by atoms with Crippen LogP contribution in [-0.2, 0) is 17.6 Å². The molecule has 1 amide bonds. The van der Waals surface area contributed by atoms with Gasteiger partial charge in [0.15, 0.2) is 0 Å². The number of imidazole rings is 1. The van der Waals surface area contributed by atoms with Gasteiger partial charge in [0.25, 0.3) is 0 Å². The fraction of sp³-hybridized carbons (Fsp3) is 0.500. The third-order valence-electron chi connectivity index (χ3n) is 4.02. The lowest BCUT2D eigenvalue weighted by atomic mass is 10.1. The normalized spacial score (nSPS) is 15.8. The molecule has 1 saturated carbocycles. The molecule has 0 aliphatic heterocycles. The molecule has 1 aliphatic carbocycles. The number of nitrogens with one attached hydrogen (secondary N) is 2. The van der Waals surface area contributed by atoms with E-state index in [2.05, 4.69) is 22.2 Å². The quantitative estimate of drug-likeness (QED) is 0.898. The number of rotatable bonds is 4. The van der Waals surface area contributed by atoms with Crippen molar-refractivity contribution in [1.82, 2.24) is 15.3 Å². The van der Waals surface area contributed by atoms with E-state index in [0.29, 0.717) is 12.5 Å². The average molecular weight is 271 g/mol. The Balaban J connectivity index is 1.68. The number of aromatic amines is 1. The summed E-state index contributed by atoms with van der Waals surface area (Å²) in [7, 11) is 0. The number of nitrogens with zero attached hydrogens (tertiary/aromatic N) is 1. The van der Waals surface area contributed by atoms with Crippen LogP contribution in [0.4, 0.5) is 0 Å². The maximum atomic E-state index is 12.0. The van der Waals surface area contributed by atoms with E-state index in [1.807, 2.05) is 18.2 Å². The number of carbonyl (C=O) groups excluding carboxylic acids is 1. The smallest absolute Gasteiger partial charge is 0.224 e. The largest absolute Gasteiger partial charge is 0.353 e. The first-order valence-electron chi connectivity index (χ1n) is 7.51. The van der Waals surface area contributed by atoms with Gasteiger partial charge < -0.3 is 10.3 Å². The molecular weight excluding hydrogens is 250 g/mol. The molecule has 1 aliphatic rings. The van der Waals surface area contributed by atoms with Crippen molar-refractivity contribution >= 4 is 16.9 Å². The van der Waals surface area contributed by atoms with Crippen LogP contribution in [0.15, 0.2) is 18.2 Å². The highest BCUT2D eigenvalue weighted by Gasteiger charge is 2.17. The first-order chi connectivity index (χ1) is 9.74. The summed E-state index contributed by atoms with van der Waals surface area (Å²) in [5.41, 5.74) is 3.04.